The molecule has 1 atom stereocenters. The first-order valence-corrected chi connectivity index (χ1v) is 13.7. The highest BCUT2D eigenvalue weighted by atomic mass is 79.9. The molecule has 2 aliphatic rings. The maximum Gasteiger partial charge on any atom is 0.249 e. The molecule has 2 amide bonds. The van der Waals surface area contributed by atoms with Crippen molar-refractivity contribution in [1.29, 1.82) is 0 Å². The molecule has 6 nitrogen and oxygen atoms in total. The number of hydrogen-bond acceptors (Lipinski definition) is 4. The number of anilines is 1. The summed E-state index contributed by atoms with van der Waals surface area (Å²) in [4.78, 5) is 29.5. The third kappa shape index (κ3) is 6.29. The Hall–Kier alpha value is -2.58. The van der Waals surface area contributed by atoms with Crippen LogP contribution in [0.4, 0.5) is 5.69 Å². The monoisotopic (exact) mass is 601 g/mol. The molecule has 2 aliphatic heterocycles. The van der Waals surface area contributed by atoms with Gasteiger partial charge in [0, 0.05) is 36.3 Å². The quantitative estimate of drug-likeness (QED) is 0.360. The van der Waals surface area contributed by atoms with Gasteiger partial charge in [-0.3, -0.25) is 14.5 Å². The van der Waals surface area contributed by atoms with Crippen molar-refractivity contribution in [3.05, 3.63) is 92.4 Å². The molecule has 1 unspecified atom stereocenters. The van der Waals surface area contributed by atoms with E-state index in [4.69, 9.17) is 27.9 Å². The number of benzene rings is 3. The molecule has 0 aromatic heterocycles. The molecule has 37 heavy (non-hydrogen) atoms. The zero-order valence-corrected chi connectivity index (χ0v) is 23.1. The van der Waals surface area contributed by atoms with Crippen LogP contribution in [0.15, 0.2) is 71.2 Å². The van der Waals surface area contributed by atoms with Crippen LogP contribution in [0.2, 0.25) is 10.0 Å². The average Bonchev–Trinajstić information content (AvgIpc) is 3.22. The molecule has 0 saturated carbocycles. The minimum atomic E-state index is -0.461. The fraction of sp³-hybridized carbons (Fsp3) is 0.286. The molecule has 0 radical (unpaired) electrons. The molecule has 3 aromatic rings. The van der Waals surface area contributed by atoms with Gasteiger partial charge in [-0.1, -0.05) is 63.4 Å². The highest BCUT2D eigenvalue weighted by molar-refractivity contribution is 9.10. The largest absolute Gasteiger partial charge is 0.489 e. The van der Waals surface area contributed by atoms with Crippen LogP contribution in [0.3, 0.4) is 0 Å². The Morgan fingerprint density at radius 2 is 1.76 bits per heavy atom. The second-order valence-electron chi connectivity index (χ2n) is 9.39. The molecular formula is C28H26BrCl2N3O3. The number of amides is 2. The first-order valence-electron chi connectivity index (χ1n) is 12.1. The van der Waals surface area contributed by atoms with Crippen LogP contribution in [0.25, 0.3) is 0 Å². The summed E-state index contributed by atoms with van der Waals surface area (Å²) in [7, 11) is 0. The van der Waals surface area contributed by atoms with Crippen molar-refractivity contribution >= 4 is 56.6 Å². The molecule has 9 heteroatoms. The topological polar surface area (TPSA) is 61.9 Å². The number of nitrogens with zero attached hydrogens (tertiary/aromatic N) is 2. The summed E-state index contributed by atoms with van der Waals surface area (Å²) in [6.07, 6.45) is 0.618. The highest BCUT2D eigenvalue weighted by Crippen LogP contribution is 2.27. The van der Waals surface area contributed by atoms with Crippen molar-refractivity contribution in [3.63, 3.8) is 0 Å². The van der Waals surface area contributed by atoms with Gasteiger partial charge in [-0.05, 0) is 60.0 Å². The maximum absolute atomic E-state index is 12.8. The summed E-state index contributed by atoms with van der Waals surface area (Å²) in [6.45, 7) is 3.12. The highest BCUT2D eigenvalue weighted by Gasteiger charge is 2.38. The van der Waals surface area contributed by atoms with Gasteiger partial charge in [0.2, 0.25) is 11.8 Å². The standard InChI is InChI=1S/C28H26BrCl2N3O3/c29-21-2-1-3-22(13-21)34-11-10-26(28(34)36)32-27(35)20-15-33(16-20)14-18-4-7-23(8-5-18)37-17-19-6-9-24(30)25(31)12-19/h1-9,12-13,20,26H,10-11,14-17H2,(H,32,35). The fourth-order valence-electron chi connectivity index (χ4n) is 4.61. The van der Waals surface area contributed by atoms with Gasteiger partial charge < -0.3 is 15.0 Å². The predicted octanol–water partition coefficient (Wildman–Crippen LogP) is 5.69. The van der Waals surface area contributed by atoms with Crippen molar-refractivity contribution in [3.8, 4) is 5.75 Å². The first-order chi connectivity index (χ1) is 17.9. The van der Waals surface area contributed by atoms with E-state index in [1.54, 1.807) is 17.0 Å². The van der Waals surface area contributed by atoms with Crippen LogP contribution in [0.1, 0.15) is 17.5 Å². The molecule has 0 spiro atoms. The van der Waals surface area contributed by atoms with Crippen LogP contribution in [0.5, 0.6) is 5.75 Å². The van der Waals surface area contributed by atoms with Gasteiger partial charge in [0.1, 0.15) is 18.4 Å². The average molecular weight is 603 g/mol. The van der Waals surface area contributed by atoms with Crippen molar-refractivity contribution in [2.24, 2.45) is 5.92 Å². The molecule has 0 aliphatic carbocycles. The molecule has 3 aromatic carbocycles. The molecule has 192 valence electrons. The van der Waals surface area contributed by atoms with E-state index in [0.717, 1.165) is 33.6 Å². The second kappa shape index (κ2) is 11.4. The van der Waals surface area contributed by atoms with Crippen molar-refractivity contribution in [2.75, 3.05) is 24.5 Å². The van der Waals surface area contributed by atoms with E-state index in [-0.39, 0.29) is 17.7 Å². The Bertz CT molecular complexity index is 1300. The van der Waals surface area contributed by atoms with Gasteiger partial charge in [-0.25, -0.2) is 0 Å². The van der Waals surface area contributed by atoms with E-state index in [2.05, 4.69) is 26.1 Å². The summed E-state index contributed by atoms with van der Waals surface area (Å²) in [5.41, 5.74) is 2.94. The summed E-state index contributed by atoms with van der Waals surface area (Å²) in [6, 6.07) is 20.6. The number of nitrogens with one attached hydrogen (secondary N) is 1. The number of carbonyl (C=O) groups is 2. The van der Waals surface area contributed by atoms with Gasteiger partial charge >= 0.3 is 0 Å². The molecule has 2 fully saturated rings. The minimum absolute atomic E-state index is 0.0447. The van der Waals surface area contributed by atoms with Gasteiger partial charge in [-0.2, -0.15) is 0 Å². The lowest BCUT2D eigenvalue weighted by atomic mass is 9.97. The molecule has 2 saturated heterocycles. The Balaban J connectivity index is 1.05. The number of rotatable bonds is 8. The Labute approximate surface area is 234 Å². The molecule has 5 rings (SSSR count). The maximum atomic E-state index is 12.8. The predicted molar refractivity (Wildman–Crippen MR) is 149 cm³/mol. The molecule has 2 heterocycles. The molecule has 0 bridgehead atoms. The fourth-order valence-corrected chi connectivity index (χ4v) is 5.32. The van der Waals surface area contributed by atoms with Crippen LogP contribution >= 0.6 is 39.1 Å². The lowest BCUT2D eigenvalue weighted by molar-refractivity contribution is -0.133. The van der Waals surface area contributed by atoms with Gasteiger partial charge in [0.25, 0.3) is 0 Å². The van der Waals surface area contributed by atoms with Crippen molar-refractivity contribution < 1.29 is 14.3 Å². The van der Waals surface area contributed by atoms with E-state index in [0.29, 0.717) is 42.7 Å². The van der Waals surface area contributed by atoms with E-state index in [9.17, 15) is 9.59 Å². The number of carbonyl (C=O) groups excluding carboxylic acids is 2. The summed E-state index contributed by atoms with van der Waals surface area (Å²) in [5.74, 6) is 0.580. The lowest BCUT2D eigenvalue weighted by Gasteiger charge is -2.38. The zero-order chi connectivity index (χ0) is 25.9. The Kier molecular flexibility index (Phi) is 8.05. The summed E-state index contributed by atoms with van der Waals surface area (Å²) < 4.78 is 6.77. The molecule has 1 N–H and O–H groups in total. The van der Waals surface area contributed by atoms with E-state index >= 15 is 0 Å². The van der Waals surface area contributed by atoms with Crippen LogP contribution in [-0.2, 0) is 22.7 Å². The lowest BCUT2D eigenvalue weighted by Crippen LogP contribution is -2.55. The summed E-state index contributed by atoms with van der Waals surface area (Å²) >= 11 is 15.5. The van der Waals surface area contributed by atoms with Gasteiger partial charge in [0.05, 0.1) is 16.0 Å². The van der Waals surface area contributed by atoms with Crippen molar-refractivity contribution in [2.45, 2.75) is 25.6 Å². The third-order valence-electron chi connectivity index (χ3n) is 6.69. The molecular weight excluding hydrogens is 577 g/mol. The zero-order valence-electron chi connectivity index (χ0n) is 20.0. The van der Waals surface area contributed by atoms with E-state index in [1.807, 2.05) is 54.6 Å². The van der Waals surface area contributed by atoms with Gasteiger partial charge in [-0.15, -0.1) is 0 Å². The smallest absolute Gasteiger partial charge is 0.249 e. The number of halogens is 3. The van der Waals surface area contributed by atoms with E-state index < -0.39 is 6.04 Å². The number of likely N-dealkylation sites (tertiary alicyclic amines) is 1. The SMILES string of the molecule is O=C(NC1CCN(c2cccc(Br)c2)C1=O)C1CN(Cc2ccc(OCc3ccc(Cl)c(Cl)c3)cc2)C1. The Morgan fingerprint density at radius 3 is 2.49 bits per heavy atom. The van der Waals surface area contributed by atoms with Gasteiger partial charge in [0.15, 0.2) is 0 Å². The van der Waals surface area contributed by atoms with E-state index in [1.165, 1.54) is 0 Å². The van der Waals surface area contributed by atoms with Crippen LogP contribution < -0.4 is 15.0 Å². The summed E-state index contributed by atoms with van der Waals surface area (Å²) in [5, 5.41) is 4.01. The normalized spacial score (nSPS) is 18.1. The second-order valence-corrected chi connectivity index (χ2v) is 11.1. The Morgan fingerprint density at radius 1 is 1.00 bits per heavy atom. The van der Waals surface area contributed by atoms with Crippen LogP contribution in [0, 0.1) is 5.92 Å². The number of ether oxygens (including phenoxy) is 1. The number of hydrogen-bond donors (Lipinski definition) is 1. The minimum Gasteiger partial charge on any atom is -0.489 e. The third-order valence-corrected chi connectivity index (χ3v) is 7.92. The first kappa shape index (κ1) is 26.0. The van der Waals surface area contributed by atoms with Crippen LogP contribution in [-0.4, -0.2) is 42.4 Å². The van der Waals surface area contributed by atoms with Crippen molar-refractivity contribution in [1.82, 2.24) is 10.2 Å².